The number of nitrogens with one attached hydrogen (secondary N) is 2. The minimum absolute atomic E-state index is 0.0290. The van der Waals surface area contributed by atoms with Crippen molar-refractivity contribution in [3.05, 3.63) is 60.2 Å². The molecule has 0 aromatic heterocycles. The normalized spacial score (nSPS) is 21.1. The van der Waals surface area contributed by atoms with Gasteiger partial charge in [0.25, 0.3) is 0 Å². The second-order valence-corrected chi connectivity index (χ2v) is 8.29. The largest absolute Gasteiger partial charge is 0.486 e. The van der Waals surface area contributed by atoms with E-state index in [0.717, 1.165) is 50.1 Å². The van der Waals surface area contributed by atoms with Gasteiger partial charge < -0.3 is 25.0 Å². The van der Waals surface area contributed by atoms with Gasteiger partial charge in [-0.1, -0.05) is 42.5 Å². The molecule has 0 saturated carbocycles. The van der Waals surface area contributed by atoms with Crippen molar-refractivity contribution in [3.63, 3.8) is 0 Å². The maximum absolute atomic E-state index is 6.04. The molecule has 6 heteroatoms. The topological polar surface area (TPSA) is 58.1 Å². The lowest BCUT2D eigenvalue weighted by Crippen LogP contribution is -2.45. The van der Waals surface area contributed by atoms with E-state index >= 15 is 0 Å². The summed E-state index contributed by atoms with van der Waals surface area (Å²) in [4.78, 5) is 7.42. The predicted octanol–water partition coefficient (Wildman–Crippen LogP) is 2.95. The number of hydrogen-bond acceptors (Lipinski definition) is 4. The highest BCUT2D eigenvalue weighted by atomic mass is 16.6. The Labute approximate surface area is 185 Å². The number of fused-ring (bicyclic) bond motifs is 1. The highest BCUT2D eigenvalue weighted by Crippen LogP contribution is 2.30. The summed E-state index contributed by atoms with van der Waals surface area (Å²) < 4.78 is 11.8. The zero-order valence-electron chi connectivity index (χ0n) is 18.4. The van der Waals surface area contributed by atoms with Gasteiger partial charge in [-0.2, -0.15) is 0 Å². The fourth-order valence-electron chi connectivity index (χ4n) is 4.13. The second-order valence-electron chi connectivity index (χ2n) is 8.29. The van der Waals surface area contributed by atoms with Gasteiger partial charge >= 0.3 is 0 Å². The number of ether oxygens (including phenoxy) is 2. The van der Waals surface area contributed by atoms with Crippen LogP contribution in [0.15, 0.2) is 59.6 Å². The Morgan fingerprint density at radius 3 is 2.71 bits per heavy atom. The molecule has 1 saturated heterocycles. The molecule has 0 spiro atoms. The molecule has 0 bridgehead atoms. The molecule has 2 aromatic rings. The predicted molar refractivity (Wildman–Crippen MR) is 125 cm³/mol. The van der Waals surface area contributed by atoms with E-state index in [0.29, 0.717) is 19.1 Å². The van der Waals surface area contributed by atoms with Gasteiger partial charge in [-0.3, -0.25) is 4.99 Å². The molecule has 2 atom stereocenters. The number of likely N-dealkylation sites (tertiary alicyclic amines) is 1. The monoisotopic (exact) mass is 422 g/mol. The molecule has 1 fully saturated rings. The average molecular weight is 423 g/mol. The molecule has 0 radical (unpaired) electrons. The molecule has 6 nitrogen and oxygen atoms in total. The summed E-state index contributed by atoms with van der Waals surface area (Å²) in [6, 6.07) is 18.6. The maximum atomic E-state index is 6.04. The van der Waals surface area contributed by atoms with Crippen molar-refractivity contribution in [2.75, 3.05) is 45.9 Å². The number of guanidine groups is 1. The summed E-state index contributed by atoms with van der Waals surface area (Å²) in [7, 11) is 0. The van der Waals surface area contributed by atoms with Gasteiger partial charge in [-0.25, -0.2) is 0 Å². The molecule has 2 heterocycles. The van der Waals surface area contributed by atoms with Gasteiger partial charge in [0.2, 0.25) is 0 Å². The van der Waals surface area contributed by atoms with Crippen molar-refractivity contribution >= 4 is 5.96 Å². The third-order valence-corrected chi connectivity index (χ3v) is 5.85. The molecular weight excluding hydrogens is 388 g/mol. The van der Waals surface area contributed by atoms with Crippen LogP contribution in [0.5, 0.6) is 11.5 Å². The first-order valence-corrected chi connectivity index (χ1v) is 11.5. The van der Waals surface area contributed by atoms with Crippen LogP contribution in [0.4, 0.5) is 0 Å². The first kappa shape index (κ1) is 21.5. The van der Waals surface area contributed by atoms with E-state index in [9.17, 15) is 0 Å². The highest BCUT2D eigenvalue weighted by molar-refractivity contribution is 5.79. The van der Waals surface area contributed by atoms with Crippen molar-refractivity contribution in [3.8, 4) is 11.5 Å². The third kappa shape index (κ3) is 6.37. The van der Waals surface area contributed by atoms with Crippen molar-refractivity contribution < 1.29 is 9.47 Å². The number of para-hydroxylation sites is 2. The quantitative estimate of drug-likeness (QED) is 0.506. The molecule has 2 aromatic carbocycles. The molecule has 0 amide bonds. The fraction of sp³-hybridized carbons (Fsp3) is 0.480. The summed E-state index contributed by atoms with van der Waals surface area (Å²) in [6.45, 7) is 8.41. The Hall–Kier alpha value is -2.73. The fourth-order valence-corrected chi connectivity index (χ4v) is 4.13. The maximum Gasteiger partial charge on any atom is 0.191 e. The van der Waals surface area contributed by atoms with E-state index < -0.39 is 0 Å². The van der Waals surface area contributed by atoms with E-state index in [1.807, 2.05) is 24.3 Å². The summed E-state index contributed by atoms with van der Waals surface area (Å²) in [5, 5.41) is 6.78. The second kappa shape index (κ2) is 11.0. The number of rotatable bonds is 8. The van der Waals surface area contributed by atoms with Crippen LogP contribution in [0.3, 0.4) is 0 Å². The third-order valence-electron chi connectivity index (χ3n) is 5.85. The molecule has 4 rings (SSSR count). The molecule has 2 aliphatic rings. The molecule has 31 heavy (non-hydrogen) atoms. The van der Waals surface area contributed by atoms with Gasteiger partial charge in [0.15, 0.2) is 17.5 Å². The lowest BCUT2D eigenvalue weighted by molar-refractivity contribution is 0.0936. The average Bonchev–Trinajstić information content (AvgIpc) is 3.28. The van der Waals surface area contributed by atoms with Crippen LogP contribution in [-0.2, 0) is 6.42 Å². The first-order valence-electron chi connectivity index (χ1n) is 11.5. The van der Waals surface area contributed by atoms with Crippen LogP contribution in [0.2, 0.25) is 0 Å². The molecular formula is C25H34N4O2. The van der Waals surface area contributed by atoms with Crippen LogP contribution in [0.1, 0.15) is 18.9 Å². The molecule has 0 aliphatic carbocycles. The van der Waals surface area contributed by atoms with E-state index in [1.165, 1.54) is 18.5 Å². The van der Waals surface area contributed by atoms with Crippen LogP contribution >= 0.6 is 0 Å². The molecule has 2 unspecified atom stereocenters. The summed E-state index contributed by atoms with van der Waals surface area (Å²) in [5.41, 5.74) is 1.42. The number of aliphatic imine (C=N–C) groups is 1. The van der Waals surface area contributed by atoms with Crippen molar-refractivity contribution in [1.29, 1.82) is 0 Å². The van der Waals surface area contributed by atoms with Gasteiger partial charge in [0.1, 0.15) is 12.7 Å². The van der Waals surface area contributed by atoms with Gasteiger partial charge in [-0.15, -0.1) is 0 Å². The van der Waals surface area contributed by atoms with Crippen LogP contribution in [0, 0.1) is 5.92 Å². The van der Waals surface area contributed by atoms with Gasteiger partial charge in [-0.05, 0) is 49.9 Å². The van der Waals surface area contributed by atoms with E-state index in [1.54, 1.807) is 0 Å². The number of hydrogen-bond donors (Lipinski definition) is 2. The zero-order chi connectivity index (χ0) is 21.3. The Bertz CT molecular complexity index is 842. The van der Waals surface area contributed by atoms with Gasteiger partial charge in [0, 0.05) is 26.2 Å². The lowest BCUT2D eigenvalue weighted by Gasteiger charge is -2.27. The minimum atomic E-state index is -0.0290. The van der Waals surface area contributed by atoms with E-state index in [4.69, 9.17) is 14.5 Å². The lowest BCUT2D eigenvalue weighted by atomic mass is 10.1. The zero-order valence-corrected chi connectivity index (χ0v) is 18.4. The van der Waals surface area contributed by atoms with Crippen molar-refractivity contribution in [2.24, 2.45) is 10.9 Å². The minimum Gasteiger partial charge on any atom is -0.486 e. The molecule has 2 aliphatic heterocycles. The molecule has 2 N–H and O–H groups in total. The Morgan fingerprint density at radius 1 is 1.06 bits per heavy atom. The SMILES string of the molecule is CCNC(=NCC1CCN(CCc2ccccc2)C1)NCC1COc2ccccc2O1. The number of benzene rings is 2. The van der Waals surface area contributed by atoms with Crippen LogP contribution in [0.25, 0.3) is 0 Å². The van der Waals surface area contributed by atoms with Crippen LogP contribution < -0.4 is 20.1 Å². The van der Waals surface area contributed by atoms with Gasteiger partial charge in [0.05, 0.1) is 6.54 Å². The van der Waals surface area contributed by atoms with E-state index in [2.05, 4.69) is 52.8 Å². The summed E-state index contributed by atoms with van der Waals surface area (Å²) in [5.74, 6) is 3.10. The smallest absolute Gasteiger partial charge is 0.191 e. The van der Waals surface area contributed by atoms with Crippen LogP contribution in [-0.4, -0.2) is 62.8 Å². The van der Waals surface area contributed by atoms with E-state index in [-0.39, 0.29) is 6.10 Å². The Balaban J connectivity index is 1.21. The standard InChI is InChI=1S/C25H34N4O2/c1-2-26-25(28-17-22-19-30-23-10-6-7-11-24(23)31-22)27-16-21-13-15-29(18-21)14-12-20-8-4-3-5-9-20/h3-11,21-22H,2,12-19H2,1H3,(H2,26,27,28). The van der Waals surface area contributed by atoms with Crippen molar-refractivity contribution in [1.82, 2.24) is 15.5 Å². The first-order chi connectivity index (χ1) is 15.3. The van der Waals surface area contributed by atoms with Crippen molar-refractivity contribution in [2.45, 2.75) is 25.9 Å². The highest BCUT2D eigenvalue weighted by Gasteiger charge is 2.23. The summed E-state index contributed by atoms with van der Waals surface area (Å²) in [6.07, 6.45) is 2.31. The Morgan fingerprint density at radius 2 is 1.87 bits per heavy atom. The molecule has 166 valence electrons. The summed E-state index contributed by atoms with van der Waals surface area (Å²) >= 11 is 0. The Kier molecular flexibility index (Phi) is 7.66. The number of nitrogens with zero attached hydrogens (tertiary/aromatic N) is 2.